The van der Waals surface area contributed by atoms with E-state index in [1.54, 1.807) is 11.8 Å². The summed E-state index contributed by atoms with van der Waals surface area (Å²) >= 11 is 1.60. The summed E-state index contributed by atoms with van der Waals surface area (Å²) in [6.07, 6.45) is 3.38. The maximum atomic E-state index is 12.4. The summed E-state index contributed by atoms with van der Waals surface area (Å²) in [5.41, 5.74) is 8.06. The Balaban J connectivity index is 1.69. The Bertz CT molecular complexity index is 695. The quantitative estimate of drug-likeness (QED) is 0.759. The highest BCUT2D eigenvalue weighted by atomic mass is 32.2. The lowest BCUT2D eigenvalue weighted by Crippen LogP contribution is -2.59. The van der Waals surface area contributed by atoms with Crippen molar-refractivity contribution in [2.45, 2.75) is 55.5 Å². The van der Waals surface area contributed by atoms with E-state index in [0.29, 0.717) is 0 Å². The van der Waals surface area contributed by atoms with Gasteiger partial charge < -0.3 is 16.2 Å². The molecule has 1 aliphatic carbocycles. The molecular weight excluding hydrogens is 332 g/mol. The number of carbonyl (C=O) groups is 1. The molecule has 6 atom stereocenters. The first-order valence-electron chi connectivity index (χ1n) is 9.06. The van der Waals surface area contributed by atoms with Gasteiger partial charge in [-0.05, 0) is 49.1 Å². The average Bonchev–Trinajstić information content (AvgIpc) is 3.05. The van der Waals surface area contributed by atoms with Crippen LogP contribution in [0.1, 0.15) is 43.7 Å². The van der Waals surface area contributed by atoms with Gasteiger partial charge in [0, 0.05) is 23.4 Å². The number of aliphatic hydroxyl groups is 1. The molecule has 25 heavy (non-hydrogen) atoms. The highest BCUT2D eigenvalue weighted by Crippen LogP contribution is 2.50. The summed E-state index contributed by atoms with van der Waals surface area (Å²) in [7, 11) is 0. The number of allylic oxidation sites excluding steroid dienone is 1. The standard InChI is InChI=1S/C20H26N2O2S/c1-20(2,21)12-5-3-11(4-6-12)16-15(23)8-7-14-17(16)13-9-10-25-18(13)19(24)22-14/h3-6,9-10,13-18,23H,7-8,21H2,1-2H3,(H,22,24). The zero-order valence-electron chi connectivity index (χ0n) is 14.7. The molecule has 2 heterocycles. The number of hydrogen-bond donors (Lipinski definition) is 3. The fourth-order valence-electron chi connectivity index (χ4n) is 4.73. The zero-order chi connectivity index (χ0) is 17.8. The topological polar surface area (TPSA) is 75.3 Å². The van der Waals surface area contributed by atoms with Gasteiger partial charge in [-0.2, -0.15) is 0 Å². The van der Waals surface area contributed by atoms with Crippen LogP contribution >= 0.6 is 11.8 Å². The van der Waals surface area contributed by atoms with Crippen LogP contribution in [0.25, 0.3) is 0 Å². The van der Waals surface area contributed by atoms with Crippen LogP contribution in [-0.4, -0.2) is 28.4 Å². The van der Waals surface area contributed by atoms with Crippen molar-refractivity contribution in [3.8, 4) is 0 Å². The second-order valence-electron chi connectivity index (χ2n) is 8.17. The molecule has 2 aliphatic heterocycles. The first-order valence-corrected chi connectivity index (χ1v) is 10.0. The fraction of sp³-hybridized carbons (Fsp3) is 0.550. The van der Waals surface area contributed by atoms with Crippen molar-refractivity contribution in [1.82, 2.24) is 5.32 Å². The van der Waals surface area contributed by atoms with Gasteiger partial charge in [0.2, 0.25) is 5.91 Å². The Kier molecular flexibility index (Phi) is 4.21. The number of amides is 1. The number of fused-ring (bicyclic) bond motifs is 3. The third-order valence-corrected chi connectivity index (χ3v) is 7.15. The summed E-state index contributed by atoms with van der Waals surface area (Å²) in [6.45, 7) is 3.99. The number of benzene rings is 1. The highest BCUT2D eigenvalue weighted by molar-refractivity contribution is 8.03. The Morgan fingerprint density at radius 3 is 2.64 bits per heavy atom. The number of nitrogens with two attached hydrogens (primary N) is 1. The molecule has 2 fully saturated rings. The van der Waals surface area contributed by atoms with Gasteiger partial charge in [0.1, 0.15) is 0 Å². The van der Waals surface area contributed by atoms with E-state index in [-0.39, 0.29) is 46.6 Å². The molecule has 0 bridgehead atoms. The van der Waals surface area contributed by atoms with Gasteiger partial charge in [0.25, 0.3) is 0 Å². The molecule has 1 aromatic carbocycles. The molecule has 1 saturated carbocycles. The van der Waals surface area contributed by atoms with Crippen LogP contribution in [0, 0.1) is 11.8 Å². The second-order valence-corrected chi connectivity index (χ2v) is 9.22. The second kappa shape index (κ2) is 6.15. The Morgan fingerprint density at radius 2 is 1.96 bits per heavy atom. The molecule has 3 aliphatic rings. The number of hydrogen-bond acceptors (Lipinski definition) is 4. The molecule has 1 amide bonds. The van der Waals surface area contributed by atoms with E-state index in [9.17, 15) is 9.90 Å². The summed E-state index contributed by atoms with van der Waals surface area (Å²) in [5, 5.41) is 16.0. The maximum absolute atomic E-state index is 12.4. The lowest BCUT2D eigenvalue weighted by Gasteiger charge is -2.48. The predicted octanol–water partition coefficient (Wildman–Crippen LogP) is 2.48. The van der Waals surface area contributed by atoms with E-state index < -0.39 is 0 Å². The van der Waals surface area contributed by atoms with Gasteiger partial charge in [-0.1, -0.05) is 30.3 Å². The van der Waals surface area contributed by atoms with Crippen LogP contribution in [0.2, 0.25) is 0 Å². The third-order valence-electron chi connectivity index (χ3n) is 6.01. The van der Waals surface area contributed by atoms with Crippen molar-refractivity contribution in [2.24, 2.45) is 17.6 Å². The summed E-state index contributed by atoms with van der Waals surface area (Å²) in [6, 6.07) is 8.51. The number of piperidine rings is 1. The summed E-state index contributed by atoms with van der Waals surface area (Å²) < 4.78 is 0. The number of carbonyl (C=O) groups excluding carboxylic acids is 1. The van der Waals surface area contributed by atoms with Crippen LogP contribution in [0.5, 0.6) is 0 Å². The number of nitrogens with one attached hydrogen (secondary N) is 1. The van der Waals surface area contributed by atoms with E-state index in [4.69, 9.17) is 5.73 Å². The first-order chi connectivity index (χ1) is 11.9. The SMILES string of the molecule is CC(C)(N)c1ccc(C2C(O)CCC3NC(=O)C4SC=CC4C32)cc1. The van der Waals surface area contributed by atoms with Gasteiger partial charge in [-0.25, -0.2) is 0 Å². The molecule has 4 N–H and O–H groups in total. The smallest absolute Gasteiger partial charge is 0.234 e. The molecule has 4 nitrogen and oxygen atoms in total. The van der Waals surface area contributed by atoms with Crippen molar-refractivity contribution in [2.75, 3.05) is 0 Å². The van der Waals surface area contributed by atoms with E-state index in [1.165, 1.54) is 0 Å². The van der Waals surface area contributed by atoms with Gasteiger partial charge in [-0.15, -0.1) is 11.8 Å². The lowest BCUT2D eigenvalue weighted by molar-refractivity contribution is -0.126. The molecule has 134 valence electrons. The van der Waals surface area contributed by atoms with Crippen LogP contribution in [0.4, 0.5) is 0 Å². The number of rotatable bonds is 2. The number of thioether (sulfide) groups is 1. The van der Waals surface area contributed by atoms with E-state index in [0.717, 1.165) is 24.0 Å². The molecule has 0 radical (unpaired) electrons. The monoisotopic (exact) mass is 358 g/mol. The fourth-order valence-corrected chi connectivity index (χ4v) is 5.82. The first kappa shape index (κ1) is 17.1. The molecule has 0 spiro atoms. The van der Waals surface area contributed by atoms with Gasteiger partial charge in [-0.3, -0.25) is 4.79 Å². The molecule has 1 aromatic rings. The normalized spacial score (nSPS) is 37.4. The lowest BCUT2D eigenvalue weighted by atomic mass is 9.63. The van der Waals surface area contributed by atoms with Crippen LogP contribution in [0.3, 0.4) is 0 Å². The van der Waals surface area contributed by atoms with Gasteiger partial charge in [0.05, 0.1) is 11.4 Å². The van der Waals surface area contributed by atoms with E-state index in [2.05, 4.69) is 41.1 Å². The number of aliphatic hydroxyl groups excluding tert-OH is 1. The minimum Gasteiger partial charge on any atom is -0.392 e. The minimum absolute atomic E-state index is 0.0451. The Labute approximate surface area is 153 Å². The van der Waals surface area contributed by atoms with Crippen LogP contribution in [0.15, 0.2) is 35.7 Å². The molecule has 1 saturated heterocycles. The van der Waals surface area contributed by atoms with Crippen molar-refractivity contribution in [3.63, 3.8) is 0 Å². The largest absolute Gasteiger partial charge is 0.392 e. The van der Waals surface area contributed by atoms with Gasteiger partial charge in [0.15, 0.2) is 0 Å². The van der Waals surface area contributed by atoms with Crippen molar-refractivity contribution < 1.29 is 9.90 Å². The van der Waals surface area contributed by atoms with Crippen molar-refractivity contribution in [3.05, 3.63) is 46.9 Å². The van der Waals surface area contributed by atoms with Crippen LogP contribution < -0.4 is 11.1 Å². The highest BCUT2D eigenvalue weighted by Gasteiger charge is 2.51. The van der Waals surface area contributed by atoms with Crippen molar-refractivity contribution in [1.29, 1.82) is 0 Å². The van der Waals surface area contributed by atoms with Crippen molar-refractivity contribution >= 4 is 17.7 Å². The Morgan fingerprint density at radius 1 is 1.24 bits per heavy atom. The molecule has 4 rings (SSSR count). The molecule has 5 heteroatoms. The Hall–Kier alpha value is -1.30. The average molecular weight is 359 g/mol. The summed E-state index contributed by atoms with van der Waals surface area (Å²) in [4.78, 5) is 12.4. The molecule has 0 aromatic heterocycles. The zero-order valence-corrected chi connectivity index (χ0v) is 15.5. The van der Waals surface area contributed by atoms with E-state index in [1.807, 2.05) is 13.8 Å². The predicted molar refractivity (Wildman–Crippen MR) is 101 cm³/mol. The summed E-state index contributed by atoms with van der Waals surface area (Å²) in [5.74, 6) is 0.644. The molecular formula is C20H26N2O2S. The minimum atomic E-state index is -0.374. The molecule has 6 unspecified atom stereocenters. The van der Waals surface area contributed by atoms with Gasteiger partial charge >= 0.3 is 0 Å². The third kappa shape index (κ3) is 2.92. The maximum Gasteiger partial charge on any atom is 0.234 e. The van der Waals surface area contributed by atoms with Crippen LogP contribution in [-0.2, 0) is 10.3 Å². The van der Waals surface area contributed by atoms with E-state index >= 15 is 0 Å².